The third kappa shape index (κ3) is 5.74. The van der Waals surface area contributed by atoms with E-state index in [1.807, 2.05) is 0 Å². The molecule has 0 radical (unpaired) electrons. The van der Waals surface area contributed by atoms with Crippen molar-refractivity contribution in [1.82, 2.24) is 9.80 Å². The quantitative estimate of drug-likeness (QED) is 0.705. The molecule has 0 aliphatic carbocycles. The van der Waals surface area contributed by atoms with E-state index in [1.54, 1.807) is 0 Å². The molecule has 0 unspecified atom stereocenters. The van der Waals surface area contributed by atoms with Gasteiger partial charge in [0.1, 0.15) is 18.3 Å². The topological polar surface area (TPSA) is 107 Å². The number of carbonyl (C=O) groups excluding carboxylic acids is 1. The van der Waals surface area contributed by atoms with Crippen molar-refractivity contribution < 1.29 is 33.7 Å². The van der Waals surface area contributed by atoms with Gasteiger partial charge in [-0.3, -0.25) is 4.90 Å². The Bertz CT molecular complexity index is 479. The van der Waals surface area contributed by atoms with E-state index < -0.39 is 59.8 Å². The molecule has 23 heavy (non-hydrogen) atoms. The lowest BCUT2D eigenvalue weighted by Crippen LogP contribution is -2.44. The van der Waals surface area contributed by atoms with E-state index in [-0.39, 0.29) is 0 Å². The van der Waals surface area contributed by atoms with Gasteiger partial charge in [0.25, 0.3) is 0 Å². The van der Waals surface area contributed by atoms with Crippen LogP contribution in [0.25, 0.3) is 0 Å². The SMILES string of the molecule is CN(C[C@@]1(F)C[C@@H](C(=O)O)N(C(=O)O)C1)C(=O)OCC(Cl)(Cl)Cl. The summed E-state index contributed by atoms with van der Waals surface area (Å²) in [6, 6.07) is -1.52. The van der Waals surface area contributed by atoms with E-state index in [4.69, 9.17) is 45.0 Å². The minimum Gasteiger partial charge on any atom is -0.480 e. The highest BCUT2D eigenvalue weighted by atomic mass is 35.6. The maximum Gasteiger partial charge on any atom is 0.409 e. The van der Waals surface area contributed by atoms with E-state index in [0.29, 0.717) is 4.90 Å². The van der Waals surface area contributed by atoms with Crippen molar-refractivity contribution in [3.63, 3.8) is 0 Å². The van der Waals surface area contributed by atoms with Crippen LogP contribution in [0.2, 0.25) is 0 Å². The molecule has 0 aromatic heterocycles. The molecular weight excluding hydrogens is 381 g/mol. The first-order valence-corrected chi connectivity index (χ1v) is 7.34. The first-order valence-electron chi connectivity index (χ1n) is 6.20. The molecule has 1 aliphatic heterocycles. The molecule has 2 atom stereocenters. The molecule has 0 spiro atoms. The number of hydrogen-bond donors (Lipinski definition) is 2. The number of halogens is 4. The monoisotopic (exact) mass is 394 g/mol. The Labute approximate surface area is 145 Å². The largest absolute Gasteiger partial charge is 0.480 e. The molecule has 1 saturated heterocycles. The van der Waals surface area contributed by atoms with Gasteiger partial charge in [-0.15, -0.1) is 0 Å². The standard InChI is InChI=1S/C11H14Cl3FN2O6/c1-16(9(22)23-5-11(12,13)14)3-10(15)2-6(7(18)19)17(4-10)8(20)21/h6H,2-5H2,1H3,(H,18,19)(H,20,21)/t6-,10-/m0/s1. The first-order chi connectivity index (χ1) is 10.3. The summed E-state index contributed by atoms with van der Waals surface area (Å²) >= 11 is 16.2. The zero-order valence-corrected chi connectivity index (χ0v) is 14.1. The number of ether oxygens (including phenoxy) is 1. The van der Waals surface area contributed by atoms with Crippen LogP contribution in [0.5, 0.6) is 0 Å². The van der Waals surface area contributed by atoms with Gasteiger partial charge in [0.05, 0.1) is 13.1 Å². The fourth-order valence-electron chi connectivity index (χ4n) is 2.22. The number of likely N-dealkylation sites (tertiary alicyclic amines) is 1. The van der Waals surface area contributed by atoms with Crippen molar-refractivity contribution in [2.75, 3.05) is 26.7 Å². The molecule has 2 N–H and O–H groups in total. The number of carboxylic acid groups (broad SMARTS) is 2. The number of hydrogen-bond acceptors (Lipinski definition) is 4. The molecule has 0 saturated carbocycles. The fourth-order valence-corrected chi connectivity index (χ4v) is 2.38. The van der Waals surface area contributed by atoms with Crippen LogP contribution in [-0.4, -0.2) is 80.4 Å². The van der Waals surface area contributed by atoms with Gasteiger partial charge >= 0.3 is 18.2 Å². The second-order valence-electron chi connectivity index (χ2n) is 5.15. The van der Waals surface area contributed by atoms with Gasteiger partial charge in [-0.2, -0.15) is 0 Å². The molecule has 1 aliphatic rings. The Morgan fingerprint density at radius 2 is 1.96 bits per heavy atom. The third-order valence-electron chi connectivity index (χ3n) is 3.11. The van der Waals surface area contributed by atoms with Crippen molar-refractivity contribution in [3.05, 3.63) is 0 Å². The molecule has 2 amide bonds. The lowest BCUT2D eigenvalue weighted by Gasteiger charge is -2.26. The van der Waals surface area contributed by atoms with Crippen LogP contribution in [-0.2, 0) is 9.53 Å². The summed E-state index contributed by atoms with van der Waals surface area (Å²) in [6.07, 6.45) is -3.14. The highest BCUT2D eigenvalue weighted by molar-refractivity contribution is 6.67. The Hall–Kier alpha value is -1.19. The highest BCUT2D eigenvalue weighted by Crippen LogP contribution is 2.32. The zero-order chi connectivity index (χ0) is 18.0. The van der Waals surface area contributed by atoms with Crippen LogP contribution in [0.3, 0.4) is 0 Å². The van der Waals surface area contributed by atoms with Crippen LogP contribution in [0, 0.1) is 0 Å². The third-order valence-corrected chi connectivity index (χ3v) is 3.44. The van der Waals surface area contributed by atoms with Gasteiger partial charge in [-0.05, 0) is 0 Å². The summed E-state index contributed by atoms with van der Waals surface area (Å²) in [7, 11) is 1.20. The molecule has 132 valence electrons. The Kier molecular flexibility index (Phi) is 6.17. The Balaban J connectivity index is 2.70. The average Bonchev–Trinajstić information content (AvgIpc) is 2.73. The van der Waals surface area contributed by atoms with E-state index >= 15 is 0 Å². The number of amides is 2. The average molecular weight is 396 g/mol. The predicted octanol–water partition coefficient (Wildman–Crippen LogP) is 1.97. The summed E-state index contributed by atoms with van der Waals surface area (Å²) in [5.74, 6) is -1.46. The molecule has 0 aromatic carbocycles. The predicted molar refractivity (Wildman–Crippen MR) is 78.9 cm³/mol. The molecule has 0 aromatic rings. The second kappa shape index (κ2) is 7.14. The summed E-state index contributed by atoms with van der Waals surface area (Å²) in [6.45, 7) is -1.81. The Morgan fingerprint density at radius 1 is 1.39 bits per heavy atom. The van der Waals surface area contributed by atoms with Crippen LogP contribution in [0.4, 0.5) is 14.0 Å². The summed E-state index contributed by atoms with van der Waals surface area (Å²) in [5.41, 5.74) is -2.23. The number of carbonyl (C=O) groups is 3. The van der Waals surface area contributed by atoms with Gasteiger partial charge in [0.2, 0.25) is 3.79 Å². The lowest BCUT2D eigenvalue weighted by molar-refractivity contribution is -0.141. The van der Waals surface area contributed by atoms with Crippen molar-refractivity contribution in [2.24, 2.45) is 0 Å². The summed E-state index contributed by atoms with van der Waals surface area (Å²) in [4.78, 5) is 35.0. The van der Waals surface area contributed by atoms with Crippen molar-refractivity contribution in [2.45, 2.75) is 21.9 Å². The number of carboxylic acids is 1. The smallest absolute Gasteiger partial charge is 0.409 e. The molecule has 1 heterocycles. The van der Waals surface area contributed by atoms with Crippen LogP contribution < -0.4 is 0 Å². The number of aliphatic carboxylic acids is 1. The number of nitrogens with zero attached hydrogens (tertiary/aromatic N) is 2. The van der Waals surface area contributed by atoms with Crippen molar-refractivity contribution in [3.8, 4) is 0 Å². The zero-order valence-electron chi connectivity index (χ0n) is 11.8. The van der Waals surface area contributed by atoms with Crippen molar-refractivity contribution >= 4 is 53.0 Å². The van der Waals surface area contributed by atoms with Crippen LogP contribution in [0.1, 0.15) is 6.42 Å². The lowest BCUT2D eigenvalue weighted by atomic mass is 10.0. The van der Waals surface area contributed by atoms with Gasteiger partial charge in [0.15, 0.2) is 0 Å². The molecule has 1 fully saturated rings. The minimum atomic E-state index is -2.23. The van der Waals surface area contributed by atoms with E-state index in [0.717, 1.165) is 4.90 Å². The van der Waals surface area contributed by atoms with Crippen molar-refractivity contribution in [1.29, 1.82) is 0 Å². The molecule has 1 rings (SSSR count). The van der Waals surface area contributed by atoms with E-state index in [2.05, 4.69) is 4.74 Å². The number of alkyl halides is 4. The maximum atomic E-state index is 14.7. The molecule has 0 bridgehead atoms. The second-order valence-corrected chi connectivity index (χ2v) is 7.66. The molecule has 12 heteroatoms. The van der Waals surface area contributed by atoms with Gasteiger partial charge in [-0.25, -0.2) is 18.8 Å². The minimum absolute atomic E-state index is 0.475. The summed E-state index contributed by atoms with van der Waals surface area (Å²) < 4.78 is 17.5. The molecular formula is C11H14Cl3FN2O6. The summed E-state index contributed by atoms with van der Waals surface area (Å²) in [5, 5.41) is 17.9. The van der Waals surface area contributed by atoms with Gasteiger partial charge < -0.3 is 19.8 Å². The fraction of sp³-hybridized carbons (Fsp3) is 0.727. The van der Waals surface area contributed by atoms with E-state index in [9.17, 15) is 18.8 Å². The van der Waals surface area contributed by atoms with Crippen LogP contribution >= 0.6 is 34.8 Å². The highest BCUT2D eigenvalue weighted by Gasteiger charge is 2.50. The Morgan fingerprint density at radius 3 is 2.35 bits per heavy atom. The van der Waals surface area contributed by atoms with E-state index in [1.165, 1.54) is 7.05 Å². The van der Waals surface area contributed by atoms with Crippen LogP contribution in [0.15, 0.2) is 0 Å². The molecule has 8 nitrogen and oxygen atoms in total. The maximum absolute atomic E-state index is 14.7. The van der Waals surface area contributed by atoms with Gasteiger partial charge in [0, 0.05) is 13.5 Å². The normalized spacial score (nSPS) is 24.4. The van der Waals surface area contributed by atoms with Gasteiger partial charge in [-0.1, -0.05) is 34.8 Å². The first kappa shape index (κ1) is 19.9. The number of rotatable bonds is 4.